The number of fused-ring (bicyclic) bond motifs is 1. The number of ether oxygens (including phenoxy) is 2. The molecule has 0 spiro atoms. The Bertz CT molecular complexity index is 1240. The monoisotopic (exact) mass is 455 g/mol. The third kappa shape index (κ3) is 5.40. The summed E-state index contributed by atoms with van der Waals surface area (Å²) in [5.41, 5.74) is 5.42. The minimum atomic E-state index is -0.277. The molecule has 0 saturated carbocycles. The normalized spacial score (nSPS) is 17.1. The summed E-state index contributed by atoms with van der Waals surface area (Å²) in [5.74, 6) is 1.04. The molecule has 0 aliphatic heterocycles. The lowest BCUT2D eigenvalue weighted by molar-refractivity contribution is 0.0528. The smallest absolute Gasteiger partial charge is 0.338 e. The van der Waals surface area contributed by atoms with Crippen molar-refractivity contribution in [1.82, 2.24) is 4.90 Å². The third-order valence-corrected chi connectivity index (χ3v) is 6.28. The summed E-state index contributed by atoms with van der Waals surface area (Å²) in [5, 5.41) is 1.96. The first-order valence-corrected chi connectivity index (χ1v) is 11.9. The zero-order valence-electron chi connectivity index (χ0n) is 20.5. The van der Waals surface area contributed by atoms with Crippen molar-refractivity contribution in [2.45, 2.75) is 19.8 Å². The molecule has 3 aromatic carbocycles. The maximum Gasteiger partial charge on any atom is 0.338 e. The molecule has 1 atom stereocenters. The van der Waals surface area contributed by atoms with Gasteiger partial charge in [-0.2, -0.15) is 0 Å². The first-order valence-electron chi connectivity index (χ1n) is 11.9. The highest BCUT2D eigenvalue weighted by molar-refractivity contribution is 6.05. The molecular formula is C30H33NO3. The number of carbonyl (C=O) groups is 1. The molecule has 4 heteroatoms. The molecule has 1 aliphatic carbocycles. The Morgan fingerprint density at radius 1 is 1.09 bits per heavy atom. The molecule has 0 N–H and O–H groups in total. The van der Waals surface area contributed by atoms with Gasteiger partial charge in [-0.15, -0.1) is 0 Å². The lowest BCUT2D eigenvalue weighted by Crippen LogP contribution is -2.24. The van der Waals surface area contributed by atoms with Crippen molar-refractivity contribution in [2.75, 3.05) is 34.4 Å². The topological polar surface area (TPSA) is 38.8 Å². The molecule has 4 rings (SSSR count). The van der Waals surface area contributed by atoms with Crippen LogP contribution < -0.4 is 4.74 Å². The Hall–Kier alpha value is -3.37. The second-order valence-electron chi connectivity index (χ2n) is 9.06. The van der Waals surface area contributed by atoms with Crippen molar-refractivity contribution in [3.05, 3.63) is 89.0 Å². The maximum atomic E-state index is 12.7. The molecule has 176 valence electrons. The Morgan fingerprint density at radius 3 is 2.68 bits per heavy atom. The molecule has 0 heterocycles. The molecule has 34 heavy (non-hydrogen) atoms. The summed E-state index contributed by atoms with van der Waals surface area (Å²) in [6.45, 7) is 3.20. The van der Waals surface area contributed by atoms with Crippen LogP contribution in [0.15, 0.2) is 72.3 Å². The van der Waals surface area contributed by atoms with Gasteiger partial charge in [0.1, 0.15) is 5.75 Å². The van der Waals surface area contributed by atoms with Crippen molar-refractivity contribution in [3.63, 3.8) is 0 Å². The second kappa shape index (κ2) is 10.7. The Kier molecular flexibility index (Phi) is 7.49. The minimum Gasteiger partial charge on any atom is -0.497 e. The van der Waals surface area contributed by atoms with Crippen LogP contribution in [0.3, 0.4) is 0 Å². The van der Waals surface area contributed by atoms with Gasteiger partial charge in [0.25, 0.3) is 0 Å². The Labute approximate surface area is 202 Å². The number of esters is 1. The van der Waals surface area contributed by atoms with Crippen LogP contribution in [0, 0.1) is 5.92 Å². The van der Waals surface area contributed by atoms with E-state index in [0.29, 0.717) is 18.1 Å². The SMILES string of the molecule is CCOC(=O)c1cc(/C=C2\C=C(c3cccc(OC)c3)[C@@H](CN(C)C)CC2)cc2ccccc12. The van der Waals surface area contributed by atoms with Crippen LogP contribution in [0.5, 0.6) is 5.75 Å². The molecule has 0 unspecified atom stereocenters. The van der Waals surface area contributed by atoms with Crippen molar-refractivity contribution in [3.8, 4) is 5.75 Å². The number of hydrogen-bond donors (Lipinski definition) is 0. The van der Waals surface area contributed by atoms with Crippen LogP contribution in [0.25, 0.3) is 22.4 Å². The predicted molar refractivity (Wildman–Crippen MR) is 140 cm³/mol. The van der Waals surface area contributed by atoms with E-state index in [-0.39, 0.29) is 5.97 Å². The number of carbonyl (C=O) groups excluding carboxylic acids is 1. The van der Waals surface area contributed by atoms with Gasteiger partial charge >= 0.3 is 5.97 Å². The summed E-state index contributed by atoms with van der Waals surface area (Å²) in [6, 6.07) is 20.4. The molecule has 0 aromatic heterocycles. The van der Waals surface area contributed by atoms with Crippen molar-refractivity contribution >= 4 is 28.4 Å². The van der Waals surface area contributed by atoms with Gasteiger partial charge in [-0.25, -0.2) is 4.79 Å². The maximum absolute atomic E-state index is 12.7. The van der Waals surface area contributed by atoms with Gasteiger partial charge in [-0.1, -0.05) is 48.6 Å². The highest BCUT2D eigenvalue weighted by atomic mass is 16.5. The molecule has 4 nitrogen and oxygen atoms in total. The molecule has 0 saturated heterocycles. The fraction of sp³-hybridized carbons (Fsp3) is 0.300. The van der Waals surface area contributed by atoms with Crippen LogP contribution in [-0.4, -0.2) is 45.2 Å². The van der Waals surface area contributed by atoms with E-state index < -0.39 is 0 Å². The predicted octanol–water partition coefficient (Wildman–Crippen LogP) is 6.46. The number of nitrogens with zero attached hydrogens (tertiary/aromatic N) is 1. The Morgan fingerprint density at radius 2 is 1.91 bits per heavy atom. The number of methoxy groups -OCH3 is 1. The van der Waals surface area contributed by atoms with Gasteiger partial charge in [-0.05, 0) is 97.1 Å². The summed E-state index contributed by atoms with van der Waals surface area (Å²) < 4.78 is 10.8. The molecule has 0 fully saturated rings. The van der Waals surface area contributed by atoms with Crippen molar-refractivity contribution < 1.29 is 14.3 Å². The van der Waals surface area contributed by atoms with E-state index in [4.69, 9.17) is 9.47 Å². The van der Waals surface area contributed by atoms with E-state index in [1.165, 1.54) is 16.7 Å². The van der Waals surface area contributed by atoms with E-state index >= 15 is 0 Å². The van der Waals surface area contributed by atoms with Crippen LogP contribution in [0.2, 0.25) is 0 Å². The second-order valence-corrected chi connectivity index (χ2v) is 9.06. The standard InChI is InChI=1S/C30H33NO3/c1-5-34-30(32)29-18-22(16-23-9-6-7-12-27(23)29)15-21-13-14-25(20-31(2)3)28(17-21)24-10-8-11-26(19-24)33-4/h6-12,15-19,25H,5,13-14,20H2,1-4H3/b21-15-/t25-/m1/s1. The molecule has 3 aromatic rings. The quantitative estimate of drug-likeness (QED) is 0.383. The van der Waals surface area contributed by atoms with E-state index in [0.717, 1.165) is 41.5 Å². The number of benzene rings is 3. The Balaban J connectivity index is 1.78. The van der Waals surface area contributed by atoms with E-state index in [2.05, 4.69) is 55.4 Å². The summed E-state index contributed by atoms with van der Waals surface area (Å²) in [6.07, 6.45) is 6.60. The highest BCUT2D eigenvalue weighted by Crippen LogP contribution is 2.37. The average molecular weight is 456 g/mol. The van der Waals surface area contributed by atoms with Gasteiger partial charge in [0.05, 0.1) is 19.3 Å². The van der Waals surface area contributed by atoms with Gasteiger partial charge in [-0.3, -0.25) is 0 Å². The van der Waals surface area contributed by atoms with Crippen LogP contribution >= 0.6 is 0 Å². The van der Waals surface area contributed by atoms with Gasteiger partial charge < -0.3 is 14.4 Å². The molecule has 1 aliphatic rings. The highest BCUT2D eigenvalue weighted by Gasteiger charge is 2.22. The number of allylic oxidation sites excluding steroid dienone is 2. The van der Waals surface area contributed by atoms with E-state index in [1.807, 2.05) is 43.3 Å². The van der Waals surface area contributed by atoms with Crippen LogP contribution in [0.4, 0.5) is 0 Å². The lowest BCUT2D eigenvalue weighted by Gasteiger charge is -2.29. The molecule has 0 bridgehead atoms. The number of rotatable bonds is 7. The first kappa shape index (κ1) is 23.8. The average Bonchev–Trinajstić information content (AvgIpc) is 2.84. The fourth-order valence-electron chi connectivity index (χ4n) is 4.76. The van der Waals surface area contributed by atoms with Gasteiger partial charge in [0.2, 0.25) is 0 Å². The summed E-state index contributed by atoms with van der Waals surface area (Å²) >= 11 is 0. The van der Waals surface area contributed by atoms with Crippen molar-refractivity contribution in [2.24, 2.45) is 5.92 Å². The van der Waals surface area contributed by atoms with E-state index in [1.54, 1.807) is 7.11 Å². The van der Waals surface area contributed by atoms with E-state index in [9.17, 15) is 4.79 Å². The number of hydrogen-bond acceptors (Lipinski definition) is 4. The van der Waals surface area contributed by atoms with Crippen LogP contribution in [-0.2, 0) is 4.74 Å². The van der Waals surface area contributed by atoms with Gasteiger partial charge in [0, 0.05) is 6.54 Å². The fourth-order valence-corrected chi connectivity index (χ4v) is 4.76. The largest absolute Gasteiger partial charge is 0.497 e. The zero-order chi connectivity index (χ0) is 24.1. The summed E-state index contributed by atoms with van der Waals surface area (Å²) in [7, 11) is 5.96. The summed E-state index contributed by atoms with van der Waals surface area (Å²) in [4.78, 5) is 14.9. The minimum absolute atomic E-state index is 0.277. The van der Waals surface area contributed by atoms with Crippen molar-refractivity contribution in [1.29, 1.82) is 0 Å². The van der Waals surface area contributed by atoms with Crippen LogP contribution in [0.1, 0.15) is 41.3 Å². The molecular weight excluding hydrogens is 422 g/mol. The molecule has 0 amide bonds. The first-order chi connectivity index (χ1) is 16.5. The van der Waals surface area contributed by atoms with Gasteiger partial charge in [0.15, 0.2) is 0 Å². The molecule has 0 radical (unpaired) electrons. The zero-order valence-corrected chi connectivity index (χ0v) is 20.5. The lowest BCUT2D eigenvalue weighted by atomic mass is 9.81. The third-order valence-electron chi connectivity index (χ3n) is 6.28.